The van der Waals surface area contributed by atoms with Gasteiger partial charge in [0.2, 0.25) is 0 Å². The highest BCUT2D eigenvalue weighted by Gasteiger charge is 1.98. The van der Waals surface area contributed by atoms with E-state index in [4.69, 9.17) is 4.74 Å². The van der Waals surface area contributed by atoms with Crippen LogP contribution in [0, 0.1) is 0 Å². The number of carbonyl (C=O) groups excluding carboxylic acids is 1. The number of alkyl carbamates (subject to hydrolysis) is 1. The molecule has 0 aliphatic heterocycles. The van der Waals surface area contributed by atoms with Crippen LogP contribution >= 0.6 is 23.7 Å². The summed E-state index contributed by atoms with van der Waals surface area (Å²) in [7, 11) is 0. The number of hydrogen-bond donors (Lipinski definition) is 2. The molecular formula is C9H16ClN3O2S. The van der Waals surface area contributed by atoms with Crippen LogP contribution in [-0.2, 0) is 11.3 Å². The maximum Gasteiger partial charge on any atom is 0.407 e. The van der Waals surface area contributed by atoms with E-state index in [-0.39, 0.29) is 18.5 Å². The van der Waals surface area contributed by atoms with Crippen LogP contribution in [0.5, 0.6) is 0 Å². The quantitative estimate of drug-likeness (QED) is 0.764. The Morgan fingerprint density at radius 2 is 2.38 bits per heavy atom. The van der Waals surface area contributed by atoms with Gasteiger partial charge in [0, 0.05) is 25.0 Å². The van der Waals surface area contributed by atoms with Gasteiger partial charge in [0.25, 0.3) is 0 Å². The van der Waals surface area contributed by atoms with Crippen molar-refractivity contribution >= 4 is 29.8 Å². The predicted octanol–water partition coefficient (Wildman–Crippen LogP) is 1.40. The Bertz CT molecular complexity index is 282. The number of halogens is 1. The summed E-state index contributed by atoms with van der Waals surface area (Å²) in [5.41, 5.74) is 2.82. The first-order valence-electron chi connectivity index (χ1n) is 4.81. The molecule has 0 aliphatic carbocycles. The number of amides is 1. The van der Waals surface area contributed by atoms with Crippen LogP contribution < -0.4 is 10.6 Å². The van der Waals surface area contributed by atoms with Gasteiger partial charge in [-0.05, 0) is 6.92 Å². The lowest BCUT2D eigenvalue weighted by molar-refractivity contribution is 0.152. The van der Waals surface area contributed by atoms with Crippen LogP contribution in [0.1, 0.15) is 12.6 Å². The molecule has 0 bridgehead atoms. The highest BCUT2D eigenvalue weighted by atomic mass is 35.5. The van der Waals surface area contributed by atoms with Gasteiger partial charge in [-0.1, -0.05) is 0 Å². The monoisotopic (exact) mass is 265 g/mol. The fourth-order valence-corrected chi connectivity index (χ4v) is 1.53. The zero-order chi connectivity index (χ0) is 10.9. The van der Waals surface area contributed by atoms with E-state index in [1.807, 2.05) is 5.38 Å². The lowest BCUT2D eigenvalue weighted by Gasteiger charge is -2.05. The molecule has 1 amide bonds. The van der Waals surface area contributed by atoms with Crippen LogP contribution in [0.25, 0.3) is 0 Å². The van der Waals surface area contributed by atoms with Crippen LogP contribution in [0.15, 0.2) is 10.9 Å². The van der Waals surface area contributed by atoms with Crippen LogP contribution in [-0.4, -0.2) is 30.8 Å². The molecule has 1 heterocycles. The highest BCUT2D eigenvalue weighted by Crippen LogP contribution is 1.98. The predicted molar refractivity (Wildman–Crippen MR) is 66.1 cm³/mol. The molecule has 1 aromatic heterocycles. The van der Waals surface area contributed by atoms with Gasteiger partial charge < -0.3 is 15.4 Å². The average Bonchev–Trinajstić information content (AvgIpc) is 2.70. The van der Waals surface area contributed by atoms with Crippen LogP contribution in [0.3, 0.4) is 0 Å². The van der Waals surface area contributed by atoms with E-state index in [0.29, 0.717) is 19.7 Å². The summed E-state index contributed by atoms with van der Waals surface area (Å²) in [6, 6.07) is 0. The number of rotatable bonds is 6. The molecule has 0 atom stereocenters. The Kier molecular flexibility index (Phi) is 8.88. The molecule has 16 heavy (non-hydrogen) atoms. The molecule has 7 heteroatoms. The second-order valence-electron chi connectivity index (χ2n) is 2.80. The first-order chi connectivity index (χ1) is 7.33. The summed E-state index contributed by atoms with van der Waals surface area (Å²) in [5, 5.41) is 7.77. The number of nitrogens with one attached hydrogen (secondary N) is 2. The lowest BCUT2D eigenvalue weighted by Crippen LogP contribution is -2.32. The zero-order valence-corrected chi connectivity index (χ0v) is 10.7. The number of nitrogens with zero attached hydrogens (tertiary/aromatic N) is 1. The fraction of sp³-hybridized carbons (Fsp3) is 0.556. The van der Waals surface area contributed by atoms with Gasteiger partial charge in [-0.15, -0.1) is 23.7 Å². The van der Waals surface area contributed by atoms with Crippen molar-refractivity contribution in [1.29, 1.82) is 0 Å². The molecule has 1 aromatic rings. The van der Waals surface area contributed by atoms with E-state index in [2.05, 4.69) is 15.6 Å². The fourth-order valence-electron chi connectivity index (χ4n) is 0.976. The maximum absolute atomic E-state index is 10.9. The van der Waals surface area contributed by atoms with Crippen molar-refractivity contribution < 1.29 is 9.53 Å². The Labute approximate surface area is 105 Å². The SMILES string of the molecule is CCOC(=O)NCCNCc1cscn1.Cl. The molecule has 0 saturated carbocycles. The minimum Gasteiger partial charge on any atom is -0.450 e. The average molecular weight is 266 g/mol. The van der Waals surface area contributed by atoms with Crippen molar-refractivity contribution in [2.24, 2.45) is 0 Å². The second kappa shape index (κ2) is 9.38. The molecular weight excluding hydrogens is 250 g/mol. The van der Waals surface area contributed by atoms with Crippen LogP contribution in [0.2, 0.25) is 0 Å². The molecule has 0 saturated heterocycles. The van der Waals surface area contributed by atoms with Crippen molar-refractivity contribution in [3.8, 4) is 0 Å². The van der Waals surface area contributed by atoms with Gasteiger partial charge in [-0.25, -0.2) is 9.78 Å². The zero-order valence-electron chi connectivity index (χ0n) is 9.06. The molecule has 0 fully saturated rings. The summed E-state index contributed by atoms with van der Waals surface area (Å²) in [4.78, 5) is 15.0. The van der Waals surface area contributed by atoms with Crippen molar-refractivity contribution in [2.75, 3.05) is 19.7 Å². The molecule has 0 unspecified atom stereocenters. The third kappa shape index (κ3) is 6.60. The molecule has 2 N–H and O–H groups in total. The van der Waals surface area contributed by atoms with E-state index in [1.54, 1.807) is 23.8 Å². The third-order valence-corrected chi connectivity index (χ3v) is 2.27. The largest absolute Gasteiger partial charge is 0.450 e. The Hall–Kier alpha value is -0.850. The second-order valence-corrected chi connectivity index (χ2v) is 3.52. The molecule has 92 valence electrons. The summed E-state index contributed by atoms with van der Waals surface area (Å²) < 4.78 is 4.71. The maximum atomic E-state index is 10.9. The minimum absolute atomic E-state index is 0. The Morgan fingerprint density at radius 1 is 1.56 bits per heavy atom. The third-order valence-electron chi connectivity index (χ3n) is 1.64. The minimum atomic E-state index is -0.368. The summed E-state index contributed by atoms with van der Waals surface area (Å²) in [5.74, 6) is 0. The number of carbonyl (C=O) groups is 1. The summed E-state index contributed by atoms with van der Waals surface area (Å²) >= 11 is 1.57. The van der Waals surface area contributed by atoms with Gasteiger partial charge in [0.1, 0.15) is 0 Å². The first-order valence-corrected chi connectivity index (χ1v) is 5.75. The normalized spacial score (nSPS) is 9.31. The summed E-state index contributed by atoms with van der Waals surface area (Å²) in [6.07, 6.45) is -0.368. The van der Waals surface area contributed by atoms with Crippen molar-refractivity contribution in [3.05, 3.63) is 16.6 Å². The number of hydrogen-bond acceptors (Lipinski definition) is 5. The topological polar surface area (TPSA) is 63.2 Å². The number of aromatic nitrogens is 1. The Balaban J connectivity index is 0.00000225. The lowest BCUT2D eigenvalue weighted by atomic mass is 10.5. The summed E-state index contributed by atoms with van der Waals surface area (Å²) in [6.45, 7) is 4.17. The number of thiazole rings is 1. The van der Waals surface area contributed by atoms with E-state index < -0.39 is 0 Å². The molecule has 0 radical (unpaired) electrons. The first kappa shape index (κ1) is 15.2. The van der Waals surface area contributed by atoms with Gasteiger partial charge in [-0.3, -0.25) is 0 Å². The Morgan fingerprint density at radius 3 is 3.00 bits per heavy atom. The van der Waals surface area contributed by atoms with Crippen molar-refractivity contribution in [1.82, 2.24) is 15.6 Å². The highest BCUT2D eigenvalue weighted by molar-refractivity contribution is 7.07. The molecule has 0 aliphatic rings. The number of ether oxygens (including phenoxy) is 1. The van der Waals surface area contributed by atoms with Crippen molar-refractivity contribution in [3.63, 3.8) is 0 Å². The van der Waals surface area contributed by atoms with Gasteiger partial charge in [-0.2, -0.15) is 0 Å². The molecule has 1 rings (SSSR count). The van der Waals surface area contributed by atoms with Gasteiger partial charge in [0.15, 0.2) is 0 Å². The van der Waals surface area contributed by atoms with E-state index in [1.165, 1.54) is 0 Å². The van der Waals surface area contributed by atoms with E-state index in [9.17, 15) is 4.79 Å². The standard InChI is InChI=1S/C9H15N3O2S.ClH/c1-2-14-9(13)11-4-3-10-5-8-6-15-7-12-8;/h6-7,10H,2-5H2,1H3,(H,11,13);1H. The smallest absolute Gasteiger partial charge is 0.407 e. The van der Waals surface area contributed by atoms with E-state index in [0.717, 1.165) is 12.2 Å². The van der Waals surface area contributed by atoms with Crippen molar-refractivity contribution in [2.45, 2.75) is 13.5 Å². The van der Waals surface area contributed by atoms with Gasteiger partial charge in [0.05, 0.1) is 17.8 Å². The molecule has 0 spiro atoms. The van der Waals surface area contributed by atoms with E-state index >= 15 is 0 Å². The van der Waals surface area contributed by atoms with Crippen LogP contribution in [0.4, 0.5) is 4.79 Å². The molecule has 0 aromatic carbocycles. The van der Waals surface area contributed by atoms with Gasteiger partial charge >= 0.3 is 6.09 Å². The molecule has 5 nitrogen and oxygen atoms in total.